The van der Waals surface area contributed by atoms with Gasteiger partial charge in [0.25, 0.3) is 5.91 Å². The van der Waals surface area contributed by atoms with Crippen molar-refractivity contribution in [1.29, 1.82) is 0 Å². The number of amides is 1. The summed E-state index contributed by atoms with van der Waals surface area (Å²) in [6.07, 6.45) is 2.15. The Balaban J connectivity index is 2.18. The zero-order valence-electron chi connectivity index (χ0n) is 11.3. The van der Waals surface area contributed by atoms with Crippen LogP contribution in [0.5, 0.6) is 5.75 Å². The van der Waals surface area contributed by atoms with Crippen LogP contribution in [-0.4, -0.2) is 28.5 Å². The molecule has 1 aliphatic rings. The van der Waals surface area contributed by atoms with Gasteiger partial charge < -0.3 is 10.0 Å². The van der Waals surface area contributed by atoms with E-state index in [4.69, 9.17) is 0 Å². The van der Waals surface area contributed by atoms with Crippen molar-refractivity contribution in [2.45, 2.75) is 39.7 Å². The van der Waals surface area contributed by atoms with E-state index in [1.807, 2.05) is 11.8 Å². The van der Waals surface area contributed by atoms with Crippen LogP contribution >= 0.6 is 0 Å². The average Bonchev–Trinajstić information content (AvgIpc) is 2.32. The third-order valence-electron chi connectivity index (χ3n) is 3.84. The summed E-state index contributed by atoms with van der Waals surface area (Å²) in [5.74, 6) is 1.02. The molecule has 0 spiro atoms. The van der Waals surface area contributed by atoms with Gasteiger partial charge in [-0.2, -0.15) is 0 Å². The molecule has 1 amide bonds. The number of phenolic OH excluding ortho intramolecular Hbond substituents is 1. The van der Waals surface area contributed by atoms with Crippen LogP contribution in [0.2, 0.25) is 0 Å². The van der Waals surface area contributed by atoms with Crippen molar-refractivity contribution < 1.29 is 9.90 Å². The van der Waals surface area contributed by atoms with Crippen molar-refractivity contribution in [2.75, 3.05) is 6.54 Å². The van der Waals surface area contributed by atoms with E-state index in [-0.39, 0.29) is 11.7 Å². The van der Waals surface area contributed by atoms with Crippen molar-refractivity contribution in [1.82, 2.24) is 4.90 Å². The fourth-order valence-corrected chi connectivity index (χ4v) is 2.66. The second-order valence-electron chi connectivity index (χ2n) is 5.48. The molecule has 0 saturated carbocycles. The summed E-state index contributed by atoms with van der Waals surface area (Å²) in [6.45, 7) is 7.00. The first-order valence-corrected chi connectivity index (χ1v) is 6.59. The highest BCUT2D eigenvalue weighted by Gasteiger charge is 2.27. The Bertz CT molecular complexity index is 456. The van der Waals surface area contributed by atoms with E-state index in [9.17, 15) is 9.90 Å². The Hall–Kier alpha value is -1.51. The standard InChI is InChI=1S/C15H21NO2/c1-10-6-7-16(12(3)8-10)15(18)13-4-5-14(17)11(2)9-13/h4-5,9-10,12,17H,6-8H2,1-3H3. The maximum absolute atomic E-state index is 12.4. The minimum absolute atomic E-state index is 0.0810. The van der Waals surface area contributed by atoms with Crippen LogP contribution in [0.25, 0.3) is 0 Å². The number of phenols is 1. The molecule has 3 heteroatoms. The number of carbonyl (C=O) groups is 1. The van der Waals surface area contributed by atoms with Crippen molar-refractivity contribution in [3.63, 3.8) is 0 Å². The summed E-state index contributed by atoms with van der Waals surface area (Å²) in [6, 6.07) is 5.37. The summed E-state index contributed by atoms with van der Waals surface area (Å²) in [4.78, 5) is 14.4. The molecule has 1 fully saturated rings. The lowest BCUT2D eigenvalue weighted by Crippen LogP contribution is -2.44. The van der Waals surface area contributed by atoms with Crippen LogP contribution in [0.15, 0.2) is 18.2 Å². The molecule has 2 atom stereocenters. The number of carbonyl (C=O) groups excluding carboxylic acids is 1. The first-order chi connectivity index (χ1) is 8.49. The van der Waals surface area contributed by atoms with Gasteiger partial charge in [0.15, 0.2) is 0 Å². The van der Waals surface area contributed by atoms with E-state index in [1.54, 1.807) is 18.2 Å². The van der Waals surface area contributed by atoms with Crippen molar-refractivity contribution in [2.24, 2.45) is 5.92 Å². The minimum atomic E-state index is 0.0810. The molecule has 0 bridgehead atoms. The molecular weight excluding hydrogens is 226 g/mol. The zero-order valence-corrected chi connectivity index (χ0v) is 11.3. The predicted molar refractivity (Wildman–Crippen MR) is 71.7 cm³/mol. The number of aromatic hydroxyl groups is 1. The van der Waals surface area contributed by atoms with E-state index in [0.29, 0.717) is 17.5 Å². The van der Waals surface area contributed by atoms with Gasteiger partial charge in [-0.15, -0.1) is 0 Å². The molecule has 1 N–H and O–H groups in total. The fourth-order valence-electron chi connectivity index (χ4n) is 2.66. The summed E-state index contributed by atoms with van der Waals surface area (Å²) in [5.41, 5.74) is 1.42. The van der Waals surface area contributed by atoms with Crippen LogP contribution in [0, 0.1) is 12.8 Å². The first kappa shape index (κ1) is 12.9. The molecule has 1 aliphatic heterocycles. The molecular formula is C15H21NO2. The van der Waals surface area contributed by atoms with E-state index < -0.39 is 0 Å². The molecule has 1 heterocycles. The number of aryl methyl sites for hydroxylation is 1. The van der Waals surface area contributed by atoms with Crippen LogP contribution in [0.3, 0.4) is 0 Å². The van der Waals surface area contributed by atoms with Crippen LogP contribution in [-0.2, 0) is 0 Å². The largest absolute Gasteiger partial charge is 0.508 e. The van der Waals surface area contributed by atoms with Gasteiger partial charge in [-0.25, -0.2) is 0 Å². The Labute approximate surface area is 108 Å². The van der Waals surface area contributed by atoms with Gasteiger partial charge in [-0.05, 0) is 56.4 Å². The van der Waals surface area contributed by atoms with E-state index in [1.165, 1.54) is 0 Å². The van der Waals surface area contributed by atoms with Crippen molar-refractivity contribution >= 4 is 5.91 Å². The Morgan fingerprint density at radius 2 is 2.11 bits per heavy atom. The van der Waals surface area contributed by atoms with Crippen LogP contribution < -0.4 is 0 Å². The smallest absolute Gasteiger partial charge is 0.254 e. The molecule has 1 aromatic carbocycles. The molecule has 18 heavy (non-hydrogen) atoms. The van der Waals surface area contributed by atoms with Gasteiger partial charge in [0.1, 0.15) is 5.75 Å². The number of likely N-dealkylation sites (tertiary alicyclic amines) is 1. The summed E-state index contributed by atoms with van der Waals surface area (Å²) >= 11 is 0. The Morgan fingerprint density at radius 3 is 2.72 bits per heavy atom. The molecule has 0 radical (unpaired) electrons. The second-order valence-corrected chi connectivity index (χ2v) is 5.48. The van der Waals surface area contributed by atoms with Gasteiger partial charge >= 0.3 is 0 Å². The predicted octanol–water partition coefficient (Wildman–Crippen LogP) is 2.96. The van der Waals surface area contributed by atoms with Crippen LogP contribution in [0.1, 0.15) is 42.6 Å². The third kappa shape index (κ3) is 2.50. The van der Waals surface area contributed by atoms with Gasteiger partial charge in [-0.1, -0.05) is 6.92 Å². The molecule has 1 aromatic rings. The Kier molecular flexibility index (Phi) is 3.60. The lowest BCUT2D eigenvalue weighted by atomic mass is 9.93. The number of hydrogen-bond acceptors (Lipinski definition) is 2. The normalized spacial score (nSPS) is 24.1. The zero-order chi connectivity index (χ0) is 13.3. The quantitative estimate of drug-likeness (QED) is 0.828. The monoisotopic (exact) mass is 247 g/mol. The number of nitrogens with zero attached hydrogens (tertiary/aromatic N) is 1. The third-order valence-corrected chi connectivity index (χ3v) is 3.84. The molecule has 98 valence electrons. The topological polar surface area (TPSA) is 40.5 Å². The molecule has 0 aliphatic carbocycles. The Morgan fingerprint density at radius 1 is 1.39 bits per heavy atom. The number of rotatable bonds is 1. The maximum atomic E-state index is 12.4. The summed E-state index contributed by atoms with van der Waals surface area (Å²) in [7, 11) is 0. The van der Waals surface area contributed by atoms with E-state index >= 15 is 0 Å². The van der Waals surface area contributed by atoms with Crippen LogP contribution in [0.4, 0.5) is 0 Å². The second kappa shape index (κ2) is 5.01. The summed E-state index contributed by atoms with van der Waals surface area (Å²) < 4.78 is 0. The van der Waals surface area contributed by atoms with Gasteiger partial charge in [-0.3, -0.25) is 4.79 Å². The van der Waals surface area contributed by atoms with Crippen molar-refractivity contribution in [3.8, 4) is 5.75 Å². The number of benzene rings is 1. The average molecular weight is 247 g/mol. The lowest BCUT2D eigenvalue weighted by molar-refractivity contribution is 0.0588. The van der Waals surface area contributed by atoms with E-state index in [2.05, 4.69) is 13.8 Å². The fraction of sp³-hybridized carbons (Fsp3) is 0.533. The highest BCUT2D eigenvalue weighted by atomic mass is 16.3. The number of piperidine rings is 1. The summed E-state index contributed by atoms with van der Waals surface area (Å²) in [5, 5.41) is 9.50. The van der Waals surface area contributed by atoms with Crippen molar-refractivity contribution in [3.05, 3.63) is 29.3 Å². The number of hydrogen-bond donors (Lipinski definition) is 1. The van der Waals surface area contributed by atoms with Gasteiger partial charge in [0.2, 0.25) is 0 Å². The maximum Gasteiger partial charge on any atom is 0.254 e. The first-order valence-electron chi connectivity index (χ1n) is 6.59. The van der Waals surface area contributed by atoms with Gasteiger partial charge in [0.05, 0.1) is 0 Å². The van der Waals surface area contributed by atoms with E-state index in [0.717, 1.165) is 24.9 Å². The molecule has 3 nitrogen and oxygen atoms in total. The SMILES string of the molecule is Cc1cc(C(=O)N2CCC(C)CC2C)ccc1O. The lowest BCUT2D eigenvalue weighted by Gasteiger charge is -2.36. The highest BCUT2D eigenvalue weighted by Crippen LogP contribution is 2.25. The van der Waals surface area contributed by atoms with Gasteiger partial charge in [0, 0.05) is 18.2 Å². The molecule has 0 aromatic heterocycles. The molecule has 1 saturated heterocycles. The minimum Gasteiger partial charge on any atom is -0.508 e. The molecule has 2 unspecified atom stereocenters. The highest BCUT2D eigenvalue weighted by molar-refractivity contribution is 5.94. The molecule has 2 rings (SSSR count).